The summed E-state index contributed by atoms with van der Waals surface area (Å²) in [5.41, 5.74) is 8.40. The number of hydrogen-bond acceptors (Lipinski definition) is 3. The molecule has 0 saturated heterocycles. The first kappa shape index (κ1) is 14.5. The lowest BCUT2D eigenvalue weighted by molar-refractivity contribution is -0.120. The predicted octanol–water partition coefficient (Wildman–Crippen LogP) is 1.54. The van der Waals surface area contributed by atoms with Crippen molar-refractivity contribution in [1.82, 2.24) is 14.9 Å². The molecular weight excluding hydrogens is 252 g/mol. The van der Waals surface area contributed by atoms with Gasteiger partial charge >= 0.3 is 0 Å². The van der Waals surface area contributed by atoms with E-state index in [1.807, 2.05) is 25.1 Å². The van der Waals surface area contributed by atoms with E-state index in [4.69, 9.17) is 5.73 Å². The lowest BCUT2D eigenvalue weighted by Crippen LogP contribution is -2.30. The number of carbonyl (C=O) groups is 1. The second kappa shape index (κ2) is 6.05. The second-order valence-corrected chi connectivity index (χ2v) is 5.26. The molecule has 1 aromatic heterocycles. The minimum atomic E-state index is -0.00480. The van der Waals surface area contributed by atoms with E-state index >= 15 is 0 Å². The minimum Gasteiger partial charge on any atom is -0.355 e. The van der Waals surface area contributed by atoms with Crippen LogP contribution in [0, 0.1) is 6.92 Å². The molecule has 5 heteroatoms. The van der Waals surface area contributed by atoms with Gasteiger partial charge in [-0.05, 0) is 38.5 Å². The van der Waals surface area contributed by atoms with Gasteiger partial charge in [-0.25, -0.2) is 4.98 Å². The smallest absolute Gasteiger partial charge is 0.224 e. The minimum absolute atomic E-state index is 0.00480. The van der Waals surface area contributed by atoms with E-state index in [1.165, 1.54) is 0 Å². The number of carbonyl (C=O) groups excluding carboxylic acids is 1. The summed E-state index contributed by atoms with van der Waals surface area (Å²) in [4.78, 5) is 16.3. The van der Waals surface area contributed by atoms with Crippen LogP contribution >= 0.6 is 0 Å². The normalized spacial score (nSPS) is 11.2. The van der Waals surface area contributed by atoms with Crippen molar-refractivity contribution in [3.63, 3.8) is 0 Å². The number of rotatable bonds is 5. The molecule has 0 aliphatic heterocycles. The van der Waals surface area contributed by atoms with Gasteiger partial charge in [0.25, 0.3) is 0 Å². The fourth-order valence-electron chi connectivity index (χ4n) is 2.49. The van der Waals surface area contributed by atoms with Crippen LogP contribution in [0.1, 0.15) is 31.3 Å². The van der Waals surface area contributed by atoms with Crippen LogP contribution in [0.3, 0.4) is 0 Å². The molecule has 0 aliphatic rings. The Morgan fingerprint density at radius 1 is 1.45 bits per heavy atom. The average molecular weight is 274 g/mol. The number of amides is 1. The van der Waals surface area contributed by atoms with Crippen LogP contribution in [0.5, 0.6) is 0 Å². The van der Waals surface area contributed by atoms with Gasteiger partial charge in [0.05, 0.1) is 17.5 Å². The van der Waals surface area contributed by atoms with Crippen molar-refractivity contribution in [1.29, 1.82) is 0 Å². The zero-order valence-corrected chi connectivity index (χ0v) is 12.3. The summed E-state index contributed by atoms with van der Waals surface area (Å²) >= 11 is 0. The summed E-state index contributed by atoms with van der Waals surface area (Å²) in [6.45, 7) is 7.27. The molecule has 5 nitrogen and oxygen atoms in total. The Balaban J connectivity index is 2.24. The molecule has 20 heavy (non-hydrogen) atoms. The van der Waals surface area contributed by atoms with E-state index in [0.717, 1.165) is 22.4 Å². The average Bonchev–Trinajstić information content (AvgIpc) is 2.71. The molecule has 0 aliphatic carbocycles. The highest BCUT2D eigenvalue weighted by Gasteiger charge is 2.11. The summed E-state index contributed by atoms with van der Waals surface area (Å²) in [6.07, 6.45) is 0.365. The van der Waals surface area contributed by atoms with E-state index in [2.05, 4.69) is 28.7 Å². The summed E-state index contributed by atoms with van der Waals surface area (Å²) < 4.78 is 2.20. The Kier molecular flexibility index (Phi) is 4.39. The summed E-state index contributed by atoms with van der Waals surface area (Å²) in [7, 11) is 0. The van der Waals surface area contributed by atoms with Crippen molar-refractivity contribution >= 4 is 16.9 Å². The first-order valence-corrected chi connectivity index (χ1v) is 6.97. The Hall–Kier alpha value is -1.88. The molecule has 0 fully saturated rings. The third-order valence-corrected chi connectivity index (χ3v) is 3.28. The largest absolute Gasteiger partial charge is 0.355 e. The highest BCUT2D eigenvalue weighted by molar-refractivity contribution is 5.82. The van der Waals surface area contributed by atoms with E-state index in [-0.39, 0.29) is 5.91 Å². The maximum Gasteiger partial charge on any atom is 0.224 e. The molecule has 0 spiro atoms. The molecule has 3 N–H and O–H groups in total. The SMILES string of the molecule is Cc1nc2cc(CC(=O)NCCN)ccc2n1C(C)C. The summed E-state index contributed by atoms with van der Waals surface area (Å²) in [5, 5.41) is 2.77. The van der Waals surface area contributed by atoms with Crippen molar-refractivity contribution in [3.05, 3.63) is 29.6 Å². The quantitative estimate of drug-likeness (QED) is 0.868. The molecule has 0 unspecified atom stereocenters. The van der Waals surface area contributed by atoms with Gasteiger partial charge in [0, 0.05) is 19.1 Å². The van der Waals surface area contributed by atoms with Gasteiger partial charge in [-0.15, -0.1) is 0 Å². The van der Waals surface area contributed by atoms with Gasteiger partial charge in [-0.1, -0.05) is 6.07 Å². The number of fused-ring (bicyclic) bond motifs is 1. The van der Waals surface area contributed by atoms with Crippen molar-refractivity contribution in [2.45, 2.75) is 33.2 Å². The number of imidazole rings is 1. The van der Waals surface area contributed by atoms with Crippen LogP contribution in [-0.4, -0.2) is 28.5 Å². The number of hydrogen-bond donors (Lipinski definition) is 2. The first-order valence-electron chi connectivity index (χ1n) is 6.97. The zero-order valence-electron chi connectivity index (χ0n) is 12.3. The Labute approximate surface area is 119 Å². The number of nitrogens with one attached hydrogen (secondary N) is 1. The molecule has 2 aromatic rings. The molecular formula is C15H22N4O. The van der Waals surface area contributed by atoms with Gasteiger partial charge < -0.3 is 15.6 Å². The van der Waals surface area contributed by atoms with E-state index < -0.39 is 0 Å². The second-order valence-electron chi connectivity index (χ2n) is 5.26. The van der Waals surface area contributed by atoms with Gasteiger partial charge in [0.1, 0.15) is 5.82 Å². The van der Waals surface area contributed by atoms with Crippen LogP contribution in [0.15, 0.2) is 18.2 Å². The van der Waals surface area contributed by atoms with Crippen LogP contribution in [0.4, 0.5) is 0 Å². The van der Waals surface area contributed by atoms with Crippen LogP contribution in [0.25, 0.3) is 11.0 Å². The molecule has 0 atom stereocenters. The highest BCUT2D eigenvalue weighted by atomic mass is 16.1. The molecule has 0 saturated carbocycles. The third-order valence-electron chi connectivity index (χ3n) is 3.28. The highest BCUT2D eigenvalue weighted by Crippen LogP contribution is 2.21. The fourth-order valence-corrected chi connectivity index (χ4v) is 2.49. The van der Waals surface area contributed by atoms with Gasteiger partial charge in [0.15, 0.2) is 0 Å². The predicted molar refractivity (Wildman–Crippen MR) is 80.6 cm³/mol. The molecule has 1 aromatic carbocycles. The number of aromatic nitrogens is 2. The molecule has 2 rings (SSSR count). The summed E-state index contributed by atoms with van der Waals surface area (Å²) in [6, 6.07) is 6.40. The lowest BCUT2D eigenvalue weighted by Gasteiger charge is -2.10. The van der Waals surface area contributed by atoms with E-state index in [0.29, 0.717) is 25.6 Å². The Morgan fingerprint density at radius 3 is 2.85 bits per heavy atom. The first-order chi connectivity index (χ1) is 9.52. The number of nitrogens with zero attached hydrogens (tertiary/aromatic N) is 2. The van der Waals surface area contributed by atoms with Crippen molar-refractivity contribution in [3.8, 4) is 0 Å². The summed E-state index contributed by atoms with van der Waals surface area (Å²) in [5.74, 6) is 0.995. The standard InChI is InChI=1S/C15H22N4O/c1-10(2)19-11(3)18-13-8-12(4-5-14(13)19)9-15(20)17-7-6-16/h4-5,8,10H,6-7,9,16H2,1-3H3,(H,17,20). The van der Waals surface area contributed by atoms with Gasteiger partial charge in [-0.2, -0.15) is 0 Å². The number of aryl methyl sites for hydroxylation is 1. The van der Waals surface area contributed by atoms with Crippen molar-refractivity contribution in [2.75, 3.05) is 13.1 Å². The molecule has 108 valence electrons. The number of benzene rings is 1. The van der Waals surface area contributed by atoms with E-state index in [9.17, 15) is 4.79 Å². The van der Waals surface area contributed by atoms with Crippen LogP contribution in [-0.2, 0) is 11.2 Å². The van der Waals surface area contributed by atoms with Crippen molar-refractivity contribution < 1.29 is 4.79 Å². The zero-order chi connectivity index (χ0) is 14.7. The lowest BCUT2D eigenvalue weighted by atomic mass is 10.1. The van der Waals surface area contributed by atoms with Crippen LogP contribution in [0.2, 0.25) is 0 Å². The monoisotopic (exact) mass is 274 g/mol. The van der Waals surface area contributed by atoms with E-state index in [1.54, 1.807) is 0 Å². The third kappa shape index (κ3) is 2.99. The molecule has 0 radical (unpaired) electrons. The fraction of sp³-hybridized carbons (Fsp3) is 0.467. The maximum atomic E-state index is 11.7. The molecule has 0 bridgehead atoms. The maximum absolute atomic E-state index is 11.7. The van der Waals surface area contributed by atoms with Crippen molar-refractivity contribution in [2.24, 2.45) is 5.73 Å². The Bertz CT molecular complexity index is 616. The number of nitrogens with two attached hydrogens (primary N) is 1. The molecule has 1 heterocycles. The van der Waals surface area contributed by atoms with Gasteiger partial charge in [-0.3, -0.25) is 4.79 Å². The van der Waals surface area contributed by atoms with Crippen LogP contribution < -0.4 is 11.1 Å². The van der Waals surface area contributed by atoms with Gasteiger partial charge in [0.2, 0.25) is 5.91 Å². The Morgan fingerprint density at radius 2 is 2.20 bits per heavy atom. The molecule has 1 amide bonds. The topological polar surface area (TPSA) is 72.9 Å².